The van der Waals surface area contributed by atoms with Crippen LogP contribution in [0.4, 0.5) is 5.69 Å². The standard InChI is InChI=1S/C13H17BrN2O2/c1-2-4-9-7-11(9)15-8-10-5-3-6-12(13(10)14)16(17)18/h3,5-6,9,11,15H,2,4,7-8H2,1H3. The quantitative estimate of drug-likeness (QED) is 0.644. The van der Waals surface area contributed by atoms with E-state index in [1.165, 1.54) is 25.3 Å². The van der Waals surface area contributed by atoms with Crippen LogP contribution in [0.2, 0.25) is 0 Å². The summed E-state index contributed by atoms with van der Waals surface area (Å²) in [6, 6.07) is 5.76. The Morgan fingerprint density at radius 3 is 3.00 bits per heavy atom. The van der Waals surface area contributed by atoms with E-state index in [9.17, 15) is 10.1 Å². The normalized spacial score (nSPS) is 21.9. The molecule has 1 aromatic rings. The maximum Gasteiger partial charge on any atom is 0.283 e. The number of nitro benzene ring substituents is 1. The third kappa shape index (κ3) is 3.09. The number of rotatable bonds is 6. The number of benzene rings is 1. The summed E-state index contributed by atoms with van der Waals surface area (Å²) in [6.45, 7) is 2.89. The highest BCUT2D eigenvalue weighted by molar-refractivity contribution is 9.10. The van der Waals surface area contributed by atoms with Crippen LogP contribution in [0, 0.1) is 16.0 Å². The van der Waals surface area contributed by atoms with Crippen LogP contribution in [0.25, 0.3) is 0 Å². The van der Waals surface area contributed by atoms with E-state index in [0.29, 0.717) is 17.1 Å². The fourth-order valence-electron chi connectivity index (χ4n) is 2.27. The smallest absolute Gasteiger partial charge is 0.283 e. The fourth-order valence-corrected chi connectivity index (χ4v) is 2.82. The number of hydrogen-bond donors (Lipinski definition) is 1. The van der Waals surface area contributed by atoms with Crippen molar-refractivity contribution < 1.29 is 4.92 Å². The predicted molar refractivity (Wildman–Crippen MR) is 74.4 cm³/mol. The van der Waals surface area contributed by atoms with Gasteiger partial charge in [0.15, 0.2) is 0 Å². The van der Waals surface area contributed by atoms with E-state index in [4.69, 9.17) is 0 Å². The summed E-state index contributed by atoms with van der Waals surface area (Å²) in [5.74, 6) is 0.799. The summed E-state index contributed by atoms with van der Waals surface area (Å²) in [5.41, 5.74) is 1.08. The number of nitro groups is 1. The van der Waals surface area contributed by atoms with Crippen LogP contribution in [0.1, 0.15) is 31.7 Å². The van der Waals surface area contributed by atoms with Gasteiger partial charge in [0.05, 0.1) is 9.40 Å². The maximum atomic E-state index is 10.8. The molecule has 2 rings (SSSR count). The van der Waals surface area contributed by atoms with E-state index in [2.05, 4.69) is 28.2 Å². The second-order valence-electron chi connectivity index (χ2n) is 4.78. The van der Waals surface area contributed by atoms with Crippen molar-refractivity contribution in [1.82, 2.24) is 5.32 Å². The van der Waals surface area contributed by atoms with Gasteiger partial charge in [-0.1, -0.05) is 25.5 Å². The molecule has 1 aliphatic carbocycles. The van der Waals surface area contributed by atoms with E-state index in [0.717, 1.165) is 11.5 Å². The second kappa shape index (κ2) is 5.80. The molecule has 5 heteroatoms. The molecule has 4 nitrogen and oxygen atoms in total. The summed E-state index contributed by atoms with van der Waals surface area (Å²) < 4.78 is 0.593. The molecule has 1 saturated carbocycles. The van der Waals surface area contributed by atoms with E-state index in [-0.39, 0.29) is 10.6 Å². The van der Waals surface area contributed by atoms with Crippen molar-refractivity contribution in [2.75, 3.05) is 0 Å². The van der Waals surface area contributed by atoms with Crippen molar-refractivity contribution in [3.05, 3.63) is 38.3 Å². The average molecular weight is 313 g/mol. The Hall–Kier alpha value is -0.940. The maximum absolute atomic E-state index is 10.8. The topological polar surface area (TPSA) is 55.2 Å². The lowest BCUT2D eigenvalue weighted by molar-refractivity contribution is -0.385. The minimum Gasteiger partial charge on any atom is -0.310 e. The van der Waals surface area contributed by atoms with Crippen molar-refractivity contribution in [3.8, 4) is 0 Å². The van der Waals surface area contributed by atoms with Gasteiger partial charge in [-0.05, 0) is 40.3 Å². The molecule has 0 bridgehead atoms. The van der Waals surface area contributed by atoms with Crippen LogP contribution in [-0.4, -0.2) is 11.0 Å². The monoisotopic (exact) mass is 312 g/mol. The SMILES string of the molecule is CCCC1CC1NCc1cccc([N+](=O)[O-])c1Br. The summed E-state index contributed by atoms with van der Waals surface area (Å²) in [4.78, 5) is 10.5. The number of halogens is 1. The van der Waals surface area contributed by atoms with Gasteiger partial charge in [0.2, 0.25) is 0 Å². The van der Waals surface area contributed by atoms with Gasteiger partial charge < -0.3 is 5.32 Å². The van der Waals surface area contributed by atoms with E-state index < -0.39 is 0 Å². The summed E-state index contributed by atoms with van der Waals surface area (Å²) >= 11 is 3.32. The van der Waals surface area contributed by atoms with Crippen LogP contribution < -0.4 is 5.32 Å². The van der Waals surface area contributed by atoms with Crippen LogP contribution in [0.3, 0.4) is 0 Å². The zero-order valence-electron chi connectivity index (χ0n) is 10.4. The third-order valence-corrected chi connectivity index (χ3v) is 4.31. The lowest BCUT2D eigenvalue weighted by Gasteiger charge is -2.06. The highest BCUT2D eigenvalue weighted by Gasteiger charge is 2.35. The Kier molecular flexibility index (Phi) is 4.35. The first-order valence-electron chi connectivity index (χ1n) is 6.28. The molecule has 98 valence electrons. The van der Waals surface area contributed by atoms with Crippen LogP contribution >= 0.6 is 15.9 Å². The fraction of sp³-hybridized carbons (Fsp3) is 0.538. The van der Waals surface area contributed by atoms with E-state index in [1.54, 1.807) is 6.07 Å². The Labute approximate surface area is 115 Å². The van der Waals surface area contributed by atoms with Gasteiger partial charge in [0.25, 0.3) is 5.69 Å². The number of nitrogens with one attached hydrogen (secondary N) is 1. The van der Waals surface area contributed by atoms with Crippen molar-refractivity contribution in [2.24, 2.45) is 5.92 Å². The molecule has 2 unspecified atom stereocenters. The molecular weight excluding hydrogens is 296 g/mol. The largest absolute Gasteiger partial charge is 0.310 e. The molecule has 0 aromatic heterocycles. The van der Waals surface area contributed by atoms with Crippen molar-refractivity contribution >= 4 is 21.6 Å². The molecule has 0 heterocycles. The third-order valence-electron chi connectivity index (χ3n) is 3.39. The first kappa shape index (κ1) is 13.5. The Balaban J connectivity index is 1.94. The van der Waals surface area contributed by atoms with Crippen LogP contribution in [0.15, 0.2) is 22.7 Å². The average Bonchev–Trinajstić information content (AvgIpc) is 3.06. The van der Waals surface area contributed by atoms with Crippen LogP contribution in [0.5, 0.6) is 0 Å². The molecular formula is C13H17BrN2O2. The highest BCUT2D eigenvalue weighted by atomic mass is 79.9. The second-order valence-corrected chi connectivity index (χ2v) is 5.57. The number of nitrogens with zero attached hydrogens (tertiary/aromatic N) is 1. The lowest BCUT2D eigenvalue weighted by Crippen LogP contribution is -2.18. The van der Waals surface area contributed by atoms with Gasteiger partial charge in [-0.2, -0.15) is 0 Å². The summed E-state index contributed by atoms with van der Waals surface area (Å²) in [7, 11) is 0. The Morgan fingerprint density at radius 1 is 1.56 bits per heavy atom. The van der Waals surface area contributed by atoms with Crippen LogP contribution in [-0.2, 0) is 6.54 Å². The zero-order chi connectivity index (χ0) is 13.1. The molecule has 1 N–H and O–H groups in total. The summed E-state index contributed by atoms with van der Waals surface area (Å²) in [5, 5.41) is 14.3. The van der Waals surface area contributed by atoms with Gasteiger partial charge in [0, 0.05) is 18.7 Å². The zero-order valence-corrected chi connectivity index (χ0v) is 11.9. The van der Waals surface area contributed by atoms with E-state index >= 15 is 0 Å². The minimum absolute atomic E-state index is 0.134. The van der Waals surface area contributed by atoms with Crippen molar-refractivity contribution in [2.45, 2.75) is 38.8 Å². The van der Waals surface area contributed by atoms with Gasteiger partial charge in [-0.25, -0.2) is 0 Å². The van der Waals surface area contributed by atoms with Gasteiger partial charge >= 0.3 is 0 Å². The molecule has 0 radical (unpaired) electrons. The molecule has 18 heavy (non-hydrogen) atoms. The van der Waals surface area contributed by atoms with Gasteiger partial charge in [-0.15, -0.1) is 0 Å². The molecule has 0 spiro atoms. The molecule has 1 aliphatic rings. The number of hydrogen-bond acceptors (Lipinski definition) is 3. The van der Waals surface area contributed by atoms with Gasteiger partial charge in [0.1, 0.15) is 0 Å². The minimum atomic E-state index is -0.357. The molecule has 1 fully saturated rings. The Bertz CT molecular complexity index is 451. The molecule has 0 aliphatic heterocycles. The van der Waals surface area contributed by atoms with Gasteiger partial charge in [-0.3, -0.25) is 10.1 Å². The molecule has 1 aromatic carbocycles. The van der Waals surface area contributed by atoms with E-state index in [1.807, 2.05) is 6.07 Å². The molecule has 0 amide bonds. The molecule has 2 atom stereocenters. The first-order chi connectivity index (χ1) is 8.63. The lowest BCUT2D eigenvalue weighted by atomic mass is 10.2. The molecule has 0 saturated heterocycles. The Morgan fingerprint density at radius 2 is 2.33 bits per heavy atom. The van der Waals surface area contributed by atoms with Crippen molar-refractivity contribution in [3.63, 3.8) is 0 Å². The van der Waals surface area contributed by atoms with Crippen molar-refractivity contribution in [1.29, 1.82) is 0 Å². The first-order valence-corrected chi connectivity index (χ1v) is 7.08. The summed E-state index contributed by atoms with van der Waals surface area (Å²) in [6.07, 6.45) is 3.73. The highest BCUT2D eigenvalue weighted by Crippen LogP contribution is 2.35. The predicted octanol–water partition coefficient (Wildman–Crippen LogP) is 3.64.